The molecule has 1 heterocycles. The Balaban J connectivity index is 1.96. The maximum atomic E-state index is 13.1. The lowest BCUT2D eigenvalue weighted by molar-refractivity contribution is -0.274. The molecule has 2 aromatic carbocycles. The summed E-state index contributed by atoms with van der Waals surface area (Å²) >= 11 is 0. The molecule has 0 aliphatic carbocycles. The molecule has 0 unspecified atom stereocenters. The van der Waals surface area contributed by atoms with Gasteiger partial charge in [0.2, 0.25) is 5.95 Å². The Labute approximate surface area is 165 Å². The first-order valence-electron chi connectivity index (χ1n) is 8.37. The number of alkyl halides is 6. The molecular weight excluding hydrogens is 416 g/mol. The number of ether oxygens (including phenoxy) is 1. The van der Waals surface area contributed by atoms with Crippen LogP contribution in [0.25, 0.3) is 0 Å². The van der Waals surface area contributed by atoms with E-state index in [4.69, 9.17) is 0 Å². The van der Waals surface area contributed by atoms with Crippen LogP contribution >= 0.6 is 0 Å². The molecule has 5 nitrogen and oxygen atoms in total. The van der Waals surface area contributed by atoms with Crippen LogP contribution in [0.3, 0.4) is 0 Å². The van der Waals surface area contributed by atoms with Gasteiger partial charge in [-0.15, -0.1) is 13.2 Å². The lowest BCUT2D eigenvalue weighted by atomic mass is 10.2. The van der Waals surface area contributed by atoms with Crippen molar-refractivity contribution in [1.82, 2.24) is 9.55 Å². The highest BCUT2D eigenvalue weighted by atomic mass is 19.4. The second-order valence-electron chi connectivity index (χ2n) is 6.07. The molecule has 158 valence electrons. The fraction of sp³-hybridized carbons (Fsp3) is 0.158. The summed E-state index contributed by atoms with van der Waals surface area (Å²) in [6.45, 7) is -0.0671. The van der Waals surface area contributed by atoms with Crippen molar-refractivity contribution in [3.8, 4) is 5.75 Å². The van der Waals surface area contributed by atoms with Gasteiger partial charge in [-0.25, -0.2) is 4.98 Å². The van der Waals surface area contributed by atoms with E-state index in [1.54, 1.807) is 30.3 Å². The first-order chi connectivity index (χ1) is 14.0. The van der Waals surface area contributed by atoms with Gasteiger partial charge in [0, 0.05) is 11.8 Å². The minimum absolute atomic E-state index is 0.0671. The number of nitrogens with one attached hydrogen (secondary N) is 1. The second-order valence-corrected chi connectivity index (χ2v) is 6.07. The molecule has 3 rings (SSSR count). The minimum Gasteiger partial charge on any atom is -0.406 e. The van der Waals surface area contributed by atoms with Gasteiger partial charge in [-0.05, 0) is 29.8 Å². The van der Waals surface area contributed by atoms with E-state index in [-0.39, 0.29) is 12.2 Å². The van der Waals surface area contributed by atoms with Gasteiger partial charge in [-0.2, -0.15) is 13.2 Å². The Hall–Kier alpha value is -3.50. The molecule has 30 heavy (non-hydrogen) atoms. The van der Waals surface area contributed by atoms with Crippen molar-refractivity contribution >= 4 is 11.6 Å². The fourth-order valence-corrected chi connectivity index (χ4v) is 2.53. The van der Waals surface area contributed by atoms with Gasteiger partial charge in [0.05, 0.1) is 6.54 Å². The maximum Gasteiger partial charge on any atom is 0.573 e. The van der Waals surface area contributed by atoms with E-state index in [0.29, 0.717) is 11.6 Å². The first-order valence-corrected chi connectivity index (χ1v) is 8.37. The summed E-state index contributed by atoms with van der Waals surface area (Å²) in [5.74, 6) is -0.921. The quantitative estimate of drug-likeness (QED) is 0.583. The third kappa shape index (κ3) is 5.52. The zero-order chi connectivity index (χ0) is 21.9. The highest BCUT2D eigenvalue weighted by Crippen LogP contribution is 2.29. The van der Waals surface area contributed by atoms with Gasteiger partial charge < -0.3 is 10.1 Å². The number of halogens is 6. The topological polar surface area (TPSA) is 56.1 Å². The summed E-state index contributed by atoms with van der Waals surface area (Å²) in [5.41, 5.74) is -1.59. The molecule has 1 aromatic heterocycles. The van der Waals surface area contributed by atoms with Gasteiger partial charge in [-0.1, -0.05) is 30.3 Å². The molecule has 0 aliphatic rings. The molecule has 11 heteroatoms. The summed E-state index contributed by atoms with van der Waals surface area (Å²) in [7, 11) is 0. The van der Waals surface area contributed by atoms with Crippen LogP contribution in [0.5, 0.6) is 5.75 Å². The third-order valence-corrected chi connectivity index (χ3v) is 3.83. The molecular formula is C19H13F6N3O2. The minimum atomic E-state index is -4.88. The van der Waals surface area contributed by atoms with Crippen LogP contribution in [-0.2, 0) is 12.7 Å². The Bertz CT molecular complexity index is 1060. The van der Waals surface area contributed by atoms with Crippen LogP contribution in [0.2, 0.25) is 0 Å². The van der Waals surface area contributed by atoms with Crippen LogP contribution in [0.4, 0.5) is 38.0 Å². The largest absolute Gasteiger partial charge is 0.573 e. The van der Waals surface area contributed by atoms with Crippen LogP contribution in [-0.4, -0.2) is 15.9 Å². The van der Waals surface area contributed by atoms with Crippen LogP contribution < -0.4 is 15.6 Å². The summed E-state index contributed by atoms with van der Waals surface area (Å²) in [5, 5.41) is 2.55. The molecule has 0 saturated heterocycles. The predicted octanol–water partition coefficient (Wildman–Crippen LogP) is 4.95. The lowest BCUT2D eigenvalue weighted by Gasteiger charge is -2.16. The molecule has 0 fully saturated rings. The molecule has 0 atom stereocenters. The molecule has 0 spiro atoms. The highest BCUT2D eigenvalue weighted by molar-refractivity contribution is 5.55. The van der Waals surface area contributed by atoms with Crippen molar-refractivity contribution in [2.24, 2.45) is 0 Å². The number of anilines is 2. The molecule has 0 aliphatic heterocycles. The predicted molar refractivity (Wildman–Crippen MR) is 95.5 cm³/mol. The Morgan fingerprint density at radius 2 is 1.57 bits per heavy atom. The standard InChI is InChI=1S/C19H13F6N3O2/c20-18(21,22)15-10-16(29)28(11-12-4-2-1-3-5-12)17(27-15)26-13-6-8-14(9-7-13)30-19(23,24)25/h1-10H,11H2,(H,26,27). The summed E-state index contributed by atoms with van der Waals surface area (Å²) < 4.78 is 80.8. The van der Waals surface area contributed by atoms with Gasteiger partial charge >= 0.3 is 12.5 Å². The number of benzene rings is 2. The molecule has 0 radical (unpaired) electrons. The summed E-state index contributed by atoms with van der Waals surface area (Å²) in [6, 6.07) is 13.1. The second kappa shape index (κ2) is 8.09. The van der Waals surface area contributed by atoms with Crippen molar-refractivity contribution in [3.05, 3.63) is 82.3 Å². The Kier molecular flexibility index (Phi) is 5.72. The van der Waals surface area contributed by atoms with Crippen molar-refractivity contribution in [2.75, 3.05) is 5.32 Å². The average molecular weight is 429 g/mol. The van der Waals surface area contributed by atoms with Gasteiger partial charge in [0.1, 0.15) is 5.75 Å². The number of nitrogens with zero attached hydrogens (tertiary/aromatic N) is 2. The van der Waals surface area contributed by atoms with E-state index >= 15 is 0 Å². The van der Waals surface area contributed by atoms with Crippen molar-refractivity contribution in [3.63, 3.8) is 0 Å². The Morgan fingerprint density at radius 3 is 2.13 bits per heavy atom. The van der Waals surface area contributed by atoms with E-state index in [1.807, 2.05) is 0 Å². The van der Waals surface area contributed by atoms with Gasteiger partial charge in [0.15, 0.2) is 5.69 Å². The van der Waals surface area contributed by atoms with Crippen LogP contribution in [0, 0.1) is 0 Å². The number of rotatable bonds is 5. The lowest BCUT2D eigenvalue weighted by Crippen LogP contribution is -2.27. The number of aromatic nitrogens is 2. The Morgan fingerprint density at radius 1 is 0.933 bits per heavy atom. The summed E-state index contributed by atoms with van der Waals surface area (Å²) in [6.07, 6.45) is -9.74. The van der Waals surface area contributed by atoms with Crippen molar-refractivity contribution in [2.45, 2.75) is 19.1 Å². The van der Waals surface area contributed by atoms with Crippen molar-refractivity contribution < 1.29 is 31.1 Å². The van der Waals surface area contributed by atoms with E-state index in [1.165, 1.54) is 0 Å². The molecule has 1 N–H and O–H groups in total. The molecule has 0 saturated carbocycles. The van der Waals surface area contributed by atoms with Crippen LogP contribution in [0.15, 0.2) is 65.5 Å². The number of hydrogen-bond donors (Lipinski definition) is 1. The molecule has 0 amide bonds. The average Bonchev–Trinajstić information content (AvgIpc) is 2.65. The highest BCUT2D eigenvalue weighted by Gasteiger charge is 2.34. The van der Waals surface area contributed by atoms with E-state index < -0.39 is 35.5 Å². The first kappa shape index (κ1) is 21.2. The van der Waals surface area contributed by atoms with E-state index in [2.05, 4.69) is 15.0 Å². The van der Waals surface area contributed by atoms with Gasteiger partial charge in [-0.3, -0.25) is 9.36 Å². The zero-order valence-electron chi connectivity index (χ0n) is 15.0. The normalized spacial score (nSPS) is 11.9. The zero-order valence-corrected chi connectivity index (χ0v) is 15.0. The maximum absolute atomic E-state index is 13.1. The van der Waals surface area contributed by atoms with Crippen LogP contribution in [0.1, 0.15) is 11.3 Å². The molecule has 0 bridgehead atoms. The van der Waals surface area contributed by atoms with Gasteiger partial charge in [0.25, 0.3) is 5.56 Å². The SMILES string of the molecule is O=c1cc(C(F)(F)F)nc(Nc2ccc(OC(F)(F)F)cc2)n1Cc1ccccc1. The molecule has 3 aromatic rings. The summed E-state index contributed by atoms with van der Waals surface area (Å²) in [4.78, 5) is 15.8. The van der Waals surface area contributed by atoms with Crippen molar-refractivity contribution in [1.29, 1.82) is 0 Å². The van der Waals surface area contributed by atoms with E-state index in [9.17, 15) is 31.1 Å². The fourth-order valence-electron chi connectivity index (χ4n) is 2.53. The smallest absolute Gasteiger partial charge is 0.406 e. The third-order valence-electron chi connectivity index (χ3n) is 3.83. The van der Waals surface area contributed by atoms with E-state index in [0.717, 1.165) is 28.8 Å². The monoisotopic (exact) mass is 429 g/mol. The number of hydrogen-bond acceptors (Lipinski definition) is 4.